The Morgan fingerprint density at radius 2 is 1.85 bits per heavy atom. The fourth-order valence-corrected chi connectivity index (χ4v) is 4.01. The summed E-state index contributed by atoms with van der Waals surface area (Å²) in [6.07, 6.45) is -5.22. The Hall–Kier alpha value is -3.44. The fraction of sp³-hybridized carbons (Fsp3) is 0.318. The van der Waals surface area contributed by atoms with Crippen molar-refractivity contribution in [2.45, 2.75) is 30.5 Å². The van der Waals surface area contributed by atoms with Crippen LogP contribution in [0.4, 0.5) is 23.7 Å². The second kappa shape index (κ2) is 8.49. The number of rotatable bonds is 4. The molecule has 4 atom stereocenters. The summed E-state index contributed by atoms with van der Waals surface area (Å²) in [6, 6.07) is 13.7. The molecule has 0 spiro atoms. The van der Waals surface area contributed by atoms with E-state index in [-0.39, 0.29) is 18.3 Å². The van der Waals surface area contributed by atoms with Crippen molar-refractivity contribution in [1.29, 1.82) is 0 Å². The summed E-state index contributed by atoms with van der Waals surface area (Å²) in [5.41, 5.74) is 0.755. The molecule has 172 valence electrons. The minimum absolute atomic E-state index is 0.0217. The van der Waals surface area contributed by atoms with E-state index >= 15 is 0 Å². The third-order valence-electron chi connectivity index (χ3n) is 5.60. The topological polar surface area (TPSA) is 87.5 Å². The van der Waals surface area contributed by atoms with E-state index in [1.54, 1.807) is 4.68 Å². The van der Waals surface area contributed by atoms with Crippen LogP contribution in [-0.4, -0.2) is 52.6 Å². The number of hydrogen-bond donors (Lipinski definition) is 1. The molecule has 3 aromatic rings. The number of halogens is 3. The monoisotopic (exact) mass is 460 g/mol. The number of anilines is 1. The van der Waals surface area contributed by atoms with Crippen LogP contribution >= 0.6 is 0 Å². The third-order valence-corrected chi connectivity index (χ3v) is 5.60. The predicted molar refractivity (Wildman–Crippen MR) is 109 cm³/mol. The van der Waals surface area contributed by atoms with Crippen LogP contribution in [0.15, 0.2) is 60.8 Å². The number of amides is 1. The van der Waals surface area contributed by atoms with E-state index in [0.717, 1.165) is 17.7 Å². The van der Waals surface area contributed by atoms with Gasteiger partial charge in [-0.3, -0.25) is 5.32 Å². The molecule has 2 aliphatic rings. The number of fused-ring (bicyclic) bond motifs is 1. The Morgan fingerprint density at radius 3 is 2.64 bits per heavy atom. The standard InChI is InChI=1S/C22H19F3N4O4/c23-22(24,25)14-7-4-8-15(9-14)26-21(30)33-18-12-32-19-17(11-31-20(18)19)29-10-16(27-28-29)13-5-2-1-3-6-13/h1-10,17-20H,11-12H2,(H,26,30)/t17-,18+,19+,20+/m0/s1. The van der Waals surface area contributed by atoms with Crippen LogP contribution < -0.4 is 5.32 Å². The normalized spacial score (nSPS) is 24.5. The molecule has 0 saturated carbocycles. The first-order valence-electron chi connectivity index (χ1n) is 10.2. The van der Waals surface area contributed by atoms with Gasteiger partial charge in [0.15, 0.2) is 6.10 Å². The molecule has 5 rings (SSSR count). The van der Waals surface area contributed by atoms with Crippen molar-refractivity contribution in [2.75, 3.05) is 18.5 Å². The highest BCUT2D eigenvalue weighted by molar-refractivity contribution is 5.84. The SMILES string of the molecule is O=C(Nc1cccc(C(F)(F)F)c1)O[C@@H]1CO[C@H]2[C@@H]1OC[C@@H]2n1cc(-c2ccccc2)nn1. The summed E-state index contributed by atoms with van der Waals surface area (Å²) in [5, 5.41) is 10.7. The number of nitrogens with one attached hydrogen (secondary N) is 1. The van der Waals surface area contributed by atoms with E-state index in [2.05, 4.69) is 15.6 Å². The van der Waals surface area contributed by atoms with Gasteiger partial charge in [-0.2, -0.15) is 13.2 Å². The van der Waals surface area contributed by atoms with Crippen LogP contribution in [0.2, 0.25) is 0 Å². The minimum Gasteiger partial charge on any atom is -0.441 e. The molecule has 11 heteroatoms. The summed E-state index contributed by atoms with van der Waals surface area (Å²) < 4.78 is 57.3. The van der Waals surface area contributed by atoms with E-state index in [0.29, 0.717) is 12.3 Å². The second-order valence-corrected chi connectivity index (χ2v) is 7.76. The van der Waals surface area contributed by atoms with Crippen LogP contribution in [0.25, 0.3) is 11.3 Å². The van der Waals surface area contributed by atoms with E-state index in [4.69, 9.17) is 14.2 Å². The van der Waals surface area contributed by atoms with Crippen LogP contribution in [0, 0.1) is 0 Å². The molecular formula is C22H19F3N4O4. The number of carbonyl (C=O) groups excluding carboxylic acids is 1. The molecule has 0 radical (unpaired) electrons. The van der Waals surface area contributed by atoms with Crippen LogP contribution in [0.5, 0.6) is 0 Å². The Balaban J connectivity index is 1.21. The average Bonchev–Trinajstić information content (AvgIpc) is 3.52. The summed E-state index contributed by atoms with van der Waals surface area (Å²) in [5.74, 6) is 0. The number of alkyl halides is 3. The van der Waals surface area contributed by atoms with Gasteiger partial charge in [-0.05, 0) is 18.2 Å². The Morgan fingerprint density at radius 1 is 1.06 bits per heavy atom. The van der Waals surface area contributed by atoms with Gasteiger partial charge in [0.2, 0.25) is 0 Å². The molecule has 2 fully saturated rings. The first-order valence-corrected chi connectivity index (χ1v) is 10.2. The minimum atomic E-state index is -4.51. The van der Waals surface area contributed by atoms with Crippen LogP contribution in [0.1, 0.15) is 11.6 Å². The van der Waals surface area contributed by atoms with Gasteiger partial charge >= 0.3 is 12.3 Å². The van der Waals surface area contributed by atoms with Crippen LogP contribution in [-0.2, 0) is 20.4 Å². The molecular weight excluding hydrogens is 441 g/mol. The maximum Gasteiger partial charge on any atom is 0.416 e. The maximum atomic E-state index is 12.9. The number of carbonyl (C=O) groups is 1. The smallest absolute Gasteiger partial charge is 0.416 e. The molecule has 1 N–H and O–H groups in total. The summed E-state index contributed by atoms with van der Waals surface area (Å²) in [4.78, 5) is 12.3. The molecule has 2 aromatic carbocycles. The molecule has 2 saturated heterocycles. The largest absolute Gasteiger partial charge is 0.441 e. The van der Waals surface area contributed by atoms with Gasteiger partial charge in [-0.15, -0.1) is 5.10 Å². The van der Waals surface area contributed by atoms with E-state index < -0.39 is 36.1 Å². The molecule has 0 aliphatic carbocycles. The zero-order valence-corrected chi connectivity index (χ0v) is 17.1. The van der Waals surface area contributed by atoms with Gasteiger partial charge in [-0.25, -0.2) is 9.48 Å². The molecule has 3 heterocycles. The first-order chi connectivity index (χ1) is 15.9. The van der Waals surface area contributed by atoms with Crippen molar-refractivity contribution in [3.63, 3.8) is 0 Å². The van der Waals surface area contributed by atoms with E-state index in [1.807, 2.05) is 36.5 Å². The summed E-state index contributed by atoms with van der Waals surface area (Å²) in [6.45, 7) is 0.393. The van der Waals surface area contributed by atoms with Crippen molar-refractivity contribution in [3.8, 4) is 11.3 Å². The zero-order valence-electron chi connectivity index (χ0n) is 17.1. The van der Waals surface area contributed by atoms with Crippen LogP contribution in [0.3, 0.4) is 0 Å². The lowest BCUT2D eigenvalue weighted by atomic mass is 10.1. The van der Waals surface area contributed by atoms with Gasteiger partial charge in [0.1, 0.15) is 23.9 Å². The zero-order chi connectivity index (χ0) is 23.0. The number of aromatic nitrogens is 3. The molecule has 2 aliphatic heterocycles. The molecule has 0 bridgehead atoms. The van der Waals surface area contributed by atoms with Gasteiger partial charge < -0.3 is 14.2 Å². The Bertz CT molecular complexity index is 1140. The quantitative estimate of drug-likeness (QED) is 0.635. The average molecular weight is 460 g/mol. The molecule has 0 unspecified atom stereocenters. The lowest BCUT2D eigenvalue weighted by Crippen LogP contribution is -2.34. The molecule has 1 amide bonds. The fourth-order valence-electron chi connectivity index (χ4n) is 4.01. The molecule has 1 aromatic heterocycles. The molecule has 33 heavy (non-hydrogen) atoms. The molecule has 8 nitrogen and oxygen atoms in total. The van der Waals surface area contributed by atoms with E-state index in [9.17, 15) is 18.0 Å². The highest BCUT2D eigenvalue weighted by atomic mass is 19.4. The lowest BCUT2D eigenvalue weighted by Gasteiger charge is -2.17. The highest BCUT2D eigenvalue weighted by Crippen LogP contribution is 2.36. The highest BCUT2D eigenvalue weighted by Gasteiger charge is 2.50. The number of hydrogen-bond acceptors (Lipinski definition) is 6. The Labute approximate surface area is 186 Å². The van der Waals surface area contributed by atoms with E-state index in [1.165, 1.54) is 12.1 Å². The maximum absolute atomic E-state index is 12.9. The van der Waals surface area contributed by atoms with Crippen molar-refractivity contribution < 1.29 is 32.2 Å². The number of benzene rings is 2. The Kier molecular flexibility index (Phi) is 5.51. The van der Waals surface area contributed by atoms with Gasteiger partial charge in [-0.1, -0.05) is 41.6 Å². The summed E-state index contributed by atoms with van der Waals surface area (Å²) >= 11 is 0. The van der Waals surface area contributed by atoms with Gasteiger partial charge in [0.05, 0.1) is 25.0 Å². The third kappa shape index (κ3) is 4.41. The first kappa shape index (κ1) is 21.4. The second-order valence-electron chi connectivity index (χ2n) is 7.76. The van der Waals surface area contributed by atoms with Gasteiger partial charge in [0.25, 0.3) is 0 Å². The number of ether oxygens (including phenoxy) is 3. The predicted octanol–water partition coefficient (Wildman–Crippen LogP) is 3.92. The van der Waals surface area contributed by atoms with Crippen molar-refractivity contribution in [1.82, 2.24) is 15.0 Å². The number of nitrogens with zero attached hydrogens (tertiary/aromatic N) is 3. The van der Waals surface area contributed by atoms with Crippen molar-refractivity contribution in [3.05, 3.63) is 66.4 Å². The van der Waals surface area contributed by atoms with Gasteiger partial charge in [0, 0.05) is 11.3 Å². The lowest BCUT2D eigenvalue weighted by molar-refractivity contribution is -0.137. The summed E-state index contributed by atoms with van der Waals surface area (Å²) in [7, 11) is 0. The van der Waals surface area contributed by atoms with Crippen molar-refractivity contribution in [2.24, 2.45) is 0 Å². The van der Waals surface area contributed by atoms with Crippen molar-refractivity contribution >= 4 is 11.8 Å².